The third kappa shape index (κ3) is 5.80. The van der Waals surface area contributed by atoms with Crippen molar-refractivity contribution >= 4 is 0 Å². The van der Waals surface area contributed by atoms with E-state index in [1.807, 2.05) is 12.1 Å². The van der Waals surface area contributed by atoms with Crippen molar-refractivity contribution in [3.8, 4) is 11.5 Å². The van der Waals surface area contributed by atoms with Crippen LogP contribution in [-0.2, 0) is 6.54 Å². The number of likely N-dealkylation sites (N-methyl/N-ethyl adjacent to an activating group) is 1. The molecule has 114 valence electrons. The maximum Gasteiger partial charge on any atom is 0.160 e. The zero-order valence-corrected chi connectivity index (χ0v) is 13.3. The van der Waals surface area contributed by atoms with Crippen LogP contribution in [0, 0.1) is 5.92 Å². The number of ether oxygens (including phenoxy) is 1. The Kier molecular flexibility index (Phi) is 6.82. The Labute approximate surface area is 122 Å². The van der Waals surface area contributed by atoms with Crippen molar-refractivity contribution in [2.45, 2.75) is 32.9 Å². The molecule has 1 aromatic carbocycles. The average Bonchev–Trinajstić information content (AvgIpc) is 2.36. The smallest absolute Gasteiger partial charge is 0.160 e. The number of hydrogen-bond donors (Lipinski definition) is 2. The molecule has 0 aromatic heterocycles. The molecular formula is C16H28N2O2. The molecule has 4 nitrogen and oxygen atoms in total. The van der Waals surface area contributed by atoms with E-state index in [0.717, 1.165) is 25.1 Å². The predicted octanol–water partition coefficient (Wildman–Crippen LogP) is 2.47. The molecule has 1 unspecified atom stereocenters. The SMILES string of the molecule is COc1cc(CNC(CC(C)C)CN(C)C)ccc1O. The third-order valence-corrected chi connectivity index (χ3v) is 3.18. The number of hydrogen-bond acceptors (Lipinski definition) is 4. The number of phenolic OH excluding ortho intramolecular Hbond substituents is 1. The summed E-state index contributed by atoms with van der Waals surface area (Å²) >= 11 is 0. The molecule has 0 saturated carbocycles. The molecule has 0 spiro atoms. The zero-order valence-electron chi connectivity index (χ0n) is 13.3. The van der Waals surface area contributed by atoms with Crippen LogP contribution in [0.25, 0.3) is 0 Å². The van der Waals surface area contributed by atoms with Crippen LogP contribution in [0.2, 0.25) is 0 Å². The highest BCUT2D eigenvalue weighted by molar-refractivity contribution is 5.41. The number of nitrogens with one attached hydrogen (secondary N) is 1. The Morgan fingerprint density at radius 3 is 2.55 bits per heavy atom. The van der Waals surface area contributed by atoms with Crippen molar-refractivity contribution in [1.82, 2.24) is 10.2 Å². The molecule has 0 aliphatic rings. The van der Waals surface area contributed by atoms with Crippen LogP contribution in [0.15, 0.2) is 18.2 Å². The van der Waals surface area contributed by atoms with Gasteiger partial charge >= 0.3 is 0 Å². The van der Waals surface area contributed by atoms with Gasteiger partial charge in [0, 0.05) is 19.1 Å². The first-order valence-corrected chi connectivity index (χ1v) is 7.16. The maximum absolute atomic E-state index is 9.60. The van der Waals surface area contributed by atoms with Crippen LogP contribution in [-0.4, -0.2) is 43.8 Å². The van der Waals surface area contributed by atoms with Crippen molar-refractivity contribution in [1.29, 1.82) is 0 Å². The second kappa shape index (κ2) is 8.12. The first-order valence-electron chi connectivity index (χ1n) is 7.16. The van der Waals surface area contributed by atoms with Crippen molar-refractivity contribution in [3.63, 3.8) is 0 Å². The van der Waals surface area contributed by atoms with E-state index in [2.05, 4.69) is 38.2 Å². The van der Waals surface area contributed by atoms with E-state index in [1.54, 1.807) is 13.2 Å². The van der Waals surface area contributed by atoms with E-state index in [0.29, 0.717) is 17.7 Å². The number of aromatic hydroxyl groups is 1. The Bertz CT molecular complexity index is 395. The summed E-state index contributed by atoms with van der Waals surface area (Å²) in [6, 6.07) is 5.95. The van der Waals surface area contributed by atoms with E-state index in [1.165, 1.54) is 0 Å². The molecular weight excluding hydrogens is 252 g/mol. The van der Waals surface area contributed by atoms with Gasteiger partial charge in [0.25, 0.3) is 0 Å². The Hall–Kier alpha value is -1.26. The van der Waals surface area contributed by atoms with Crippen molar-refractivity contribution < 1.29 is 9.84 Å². The summed E-state index contributed by atoms with van der Waals surface area (Å²) in [7, 11) is 5.76. The van der Waals surface area contributed by atoms with Gasteiger partial charge in [0.1, 0.15) is 0 Å². The lowest BCUT2D eigenvalue weighted by molar-refractivity contribution is 0.304. The maximum atomic E-state index is 9.60. The molecule has 0 aliphatic heterocycles. The highest BCUT2D eigenvalue weighted by Crippen LogP contribution is 2.26. The molecule has 1 rings (SSSR count). The van der Waals surface area contributed by atoms with Gasteiger partial charge in [-0.1, -0.05) is 19.9 Å². The minimum Gasteiger partial charge on any atom is -0.504 e. The third-order valence-electron chi connectivity index (χ3n) is 3.18. The summed E-state index contributed by atoms with van der Waals surface area (Å²) in [6.07, 6.45) is 1.15. The van der Waals surface area contributed by atoms with E-state index in [4.69, 9.17) is 4.74 Å². The summed E-state index contributed by atoms with van der Waals surface area (Å²) in [5.74, 6) is 1.38. The second-order valence-electron chi connectivity index (χ2n) is 5.98. The fraction of sp³-hybridized carbons (Fsp3) is 0.625. The molecule has 1 aromatic rings. The molecule has 0 aliphatic carbocycles. The van der Waals surface area contributed by atoms with Crippen LogP contribution >= 0.6 is 0 Å². The quantitative estimate of drug-likeness (QED) is 0.768. The summed E-state index contributed by atoms with van der Waals surface area (Å²) in [5.41, 5.74) is 1.12. The lowest BCUT2D eigenvalue weighted by Crippen LogP contribution is -2.38. The topological polar surface area (TPSA) is 44.7 Å². The summed E-state index contributed by atoms with van der Waals surface area (Å²) in [5, 5.41) is 13.2. The highest BCUT2D eigenvalue weighted by Gasteiger charge is 2.12. The molecule has 0 saturated heterocycles. The van der Waals surface area contributed by atoms with E-state index < -0.39 is 0 Å². The van der Waals surface area contributed by atoms with Crippen LogP contribution in [0.5, 0.6) is 11.5 Å². The minimum atomic E-state index is 0.184. The largest absolute Gasteiger partial charge is 0.504 e. The van der Waals surface area contributed by atoms with Gasteiger partial charge in [-0.3, -0.25) is 0 Å². The summed E-state index contributed by atoms with van der Waals surface area (Å²) in [4.78, 5) is 2.21. The summed E-state index contributed by atoms with van der Waals surface area (Å²) in [6.45, 7) is 6.29. The van der Waals surface area contributed by atoms with Gasteiger partial charge in [-0.15, -0.1) is 0 Å². The number of benzene rings is 1. The van der Waals surface area contributed by atoms with Crippen LogP contribution in [0.1, 0.15) is 25.8 Å². The molecule has 0 radical (unpaired) electrons. The van der Waals surface area contributed by atoms with Gasteiger partial charge in [0.15, 0.2) is 11.5 Å². The average molecular weight is 280 g/mol. The molecule has 2 N–H and O–H groups in total. The number of rotatable bonds is 8. The highest BCUT2D eigenvalue weighted by atomic mass is 16.5. The number of methoxy groups -OCH3 is 1. The molecule has 0 fully saturated rings. The van der Waals surface area contributed by atoms with Gasteiger partial charge < -0.3 is 20.1 Å². The first-order chi connectivity index (χ1) is 9.42. The van der Waals surface area contributed by atoms with Gasteiger partial charge in [-0.25, -0.2) is 0 Å². The van der Waals surface area contributed by atoms with Gasteiger partial charge in [0.05, 0.1) is 7.11 Å². The van der Waals surface area contributed by atoms with E-state index >= 15 is 0 Å². The molecule has 20 heavy (non-hydrogen) atoms. The molecule has 1 atom stereocenters. The standard InChI is InChI=1S/C16H28N2O2/c1-12(2)8-14(11-18(3)4)17-10-13-6-7-15(19)16(9-13)20-5/h6-7,9,12,14,17,19H,8,10-11H2,1-5H3. The molecule has 0 amide bonds. The number of phenols is 1. The van der Waals surface area contributed by atoms with Crippen molar-refractivity contribution in [2.24, 2.45) is 5.92 Å². The van der Waals surface area contributed by atoms with Gasteiger partial charge in [-0.2, -0.15) is 0 Å². The Morgan fingerprint density at radius 2 is 2.00 bits per heavy atom. The van der Waals surface area contributed by atoms with Crippen molar-refractivity contribution in [3.05, 3.63) is 23.8 Å². The van der Waals surface area contributed by atoms with Crippen LogP contribution in [0.4, 0.5) is 0 Å². The Morgan fingerprint density at radius 1 is 1.30 bits per heavy atom. The van der Waals surface area contributed by atoms with Crippen LogP contribution < -0.4 is 10.1 Å². The van der Waals surface area contributed by atoms with Crippen molar-refractivity contribution in [2.75, 3.05) is 27.7 Å². The molecule has 0 bridgehead atoms. The summed E-state index contributed by atoms with van der Waals surface area (Å²) < 4.78 is 5.14. The van der Waals surface area contributed by atoms with E-state index in [9.17, 15) is 5.11 Å². The predicted molar refractivity (Wildman–Crippen MR) is 83.3 cm³/mol. The minimum absolute atomic E-state index is 0.184. The molecule has 0 heterocycles. The monoisotopic (exact) mass is 280 g/mol. The first kappa shape index (κ1) is 16.8. The number of nitrogens with zero attached hydrogens (tertiary/aromatic N) is 1. The molecule has 4 heteroatoms. The van der Waals surface area contributed by atoms with E-state index in [-0.39, 0.29) is 5.75 Å². The normalized spacial score (nSPS) is 12.9. The fourth-order valence-corrected chi connectivity index (χ4v) is 2.33. The van der Waals surface area contributed by atoms with Gasteiger partial charge in [-0.05, 0) is 44.1 Å². The lowest BCUT2D eigenvalue weighted by Gasteiger charge is -2.24. The van der Waals surface area contributed by atoms with Gasteiger partial charge in [0.2, 0.25) is 0 Å². The second-order valence-corrected chi connectivity index (χ2v) is 5.98. The zero-order chi connectivity index (χ0) is 15.1. The lowest BCUT2D eigenvalue weighted by atomic mass is 10.0. The Balaban J connectivity index is 2.61. The van der Waals surface area contributed by atoms with Crippen LogP contribution in [0.3, 0.4) is 0 Å². The fourth-order valence-electron chi connectivity index (χ4n) is 2.33.